The van der Waals surface area contributed by atoms with Crippen molar-refractivity contribution in [2.75, 3.05) is 32.2 Å². The third kappa shape index (κ3) is 4.22. The fraction of sp³-hybridized carbons (Fsp3) is 0.333. The van der Waals surface area contributed by atoms with Crippen LogP contribution in [0.1, 0.15) is 12.0 Å². The lowest BCUT2D eigenvalue weighted by molar-refractivity contribution is -0.132. The molecule has 1 unspecified atom stereocenters. The average Bonchev–Trinajstić information content (AvgIpc) is 3.09. The third-order valence-electron chi connectivity index (χ3n) is 4.76. The lowest BCUT2D eigenvalue weighted by Gasteiger charge is -2.18. The molecule has 0 spiro atoms. The maximum absolute atomic E-state index is 12.7. The van der Waals surface area contributed by atoms with Gasteiger partial charge in [0.1, 0.15) is 5.92 Å². The van der Waals surface area contributed by atoms with Crippen LogP contribution in [-0.4, -0.2) is 39.1 Å². The van der Waals surface area contributed by atoms with E-state index in [1.54, 1.807) is 37.3 Å². The van der Waals surface area contributed by atoms with Crippen LogP contribution in [0.2, 0.25) is 0 Å². The Morgan fingerprint density at radius 3 is 2.56 bits per heavy atom. The van der Waals surface area contributed by atoms with Crippen molar-refractivity contribution in [2.45, 2.75) is 12.8 Å². The van der Waals surface area contributed by atoms with E-state index >= 15 is 0 Å². The van der Waals surface area contributed by atoms with Gasteiger partial charge in [-0.1, -0.05) is 30.3 Å². The maximum Gasteiger partial charge on any atom is 0.239 e. The first-order valence-corrected chi connectivity index (χ1v) is 8.99. The van der Waals surface area contributed by atoms with Crippen molar-refractivity contribution in [1.29, 1.82) is 0 Å². The molecule has 6 heteroatoms. The molecule has 1 aliphatic rings. The smallest absolute Gasteiger partial charge is 0.239 e. The van der Waals surface area contributed by atoms with Gasteiger partial charge in [0.25, 0.3) is 0 Å². The van der Waals surface area contributed by atoms with E-state index in [1.807, 2.05) is 30.3 Å². The van der Waals surface area contributed by atoms with Crippen molar-refractivity contribution < 1.29 is 19.1 Å². The second-order valence-electron chi connectivity index (χ2n) is 6.40. The molecule has 0 aliphatic carbocycles. The molecule has 3 rings (SSSR count). The SMILES string of the molecule is COc1ccc(N2CCC(C(=O)NCCc3ccccc3)C2=O)cc1OC. The predicted octanol–water partition coefficient (Wildman–Crippen LogP) is 2.42. The van der Waals surface area contributed by atoms with Gasteiger partial charge < -0.3 is 19.7 Å². The molecular weight excluding hydrogens is 344 g/mol. The summed E-state index contributed by atoms with van der Waals surface area (Å²) in [7, 11) is 3.12. The van der Waals surface area contributed by atoms with E-state index in [-0.39, 0.29) is 11.8 Å². The fourth-order valence-corrected chi connectivity index (χ4v) is 3.27. The Hall–Kier alpha value is -3.02. The monoisotopic (exact) mass is 368 g/mol. The molecule has 1 heterocycles. The van der Waals surface area contributed by atoms with Crippen molar-refractivity contribution in [3.63, 3.8) is 0 Å². The Balaban J connectivity index is 1.60. The van der Waals surface area contributed by atoms with E-state index in [4.69, 9.17) is 9.47 Å². The van der Waals surface area contributed by atoms with E-state index in [0.717, 1.165) is 12.0 Å². The van der Waals surface area contributed by atoms with Gasteiger partial charge in [0.2, 0.25) is 11.8 Å². The molecule has 2 aromatic carbocycles. The topological polar surface area (TPSA) is 67.9 Å². The van der Waals surface area contributed by atoms with Gasteiger partial charge >= 0.3 is 0 Å². The summed E-state index contributed by atoms with van der Waals surface area (Å²) >= 11 is 0. The minimum absolute atomic E-state index is 0.181. The molecule has 6 nitrogen and oxygen atoms in total. The van der Waals surface area contributed by atoms with E-state index in [9.17, 15) is 9.59 Å². The van der Waals surface area contributed by atoms with Crippen LogP contribution in [0.15, 0.2) is 48.5 Å². The fourth-order valence-electron chi connectivity index (χ4n) is 3.27. The predicted molar refractivity (Wildman–Crippen MR) is 103 cm³/mol. The molecule has 142 valence electrons. The Morgan fingerprint density at radius 1 is 1.11 bits per heavy atom. The lowest BCUT2D eigenvalue weighted by Crippen LogP contribution is -2.37. The number of methoxy groups -OCH3 is 2. The van der Waals surface area contributed by atoms with Gasteiger partial charge in [-0.15, -0.1) is 0 Å². The van der Waals surface area contributed by atoms with Gasteiger partial charge in [-0.3, -0.25) is 9.59 Å². The summed E-state index contributed by atoms with van der Waals surface area (Å²) in [4.78, 5) is 26.8. The zero-order valence-electron chi connectivity index (χ0n) is 15.6. The molecule has 0 radical (unpaired) electrons. The molecule has 1 fully saturated rings. The summed E-state index contributed by atoms with van der Waals surface area (Å²) in [5.41, 5.74) is 1.86. The number of nitrogens with one attached hydrogen (secondary N) is 1. The molecule has 0 bridgehead atoms. The largest absolute Gasteiger partial charge is 0.493 e. The zero-order chi connectivity index (χ0) is 19.2. The van der Waals surface area contributed by atoms with E-state index in [1.165, 1.54) is 0 Å². The first-order chi connectivity index (χ1) is 13.1. The lowest BCUT2D eigenvalue weighted by atomic mass is 10.1. The number of carbonyl (C=O) groups is 2. The molecule has 27 heavy (non-hydrogen) atoms. The van der Waals surface area contributed by atoms with Crippen molar-refractivity contribution in [3.05, 3.63) is 54.1 Å². The summed E-state index contributed by atoms with van der Waals surface area (Å²) < 4.78 is 10.5. The van der Waals surface area contributed by atoms with Crippen molar-refractivity contribution in [1.82, 2.24) is 5.32 Å². The standard InChI is InChI=1S/C21H24N2O4/c1-26-18-9-8-16(14-19(18)27-2)23-13-11-17(21(23)25)20(24)22-12-10-15-6-4-3-5-7-15/h3-9,14,17H,10-13H2,1-2H3,(H,22,24). The highest BCUT2D eigenvalue weighted by molar-refractivity contribution is 6.09. The van der Waals surface area contributed by atoms with Crippen LogP contribution >= 0.6 is 0 Å². The van der Waals surface area contributed by atoms with Gasteiger partial charge in [0.05, 0.1) is 14.2 Å². The first-order valence-electron chi connectivity index (χ1n) is 8.99. The second-order valence-corrected chi connectivity index (χ2v) is 6.40. The highest BCUT2D eigenvalue weighted by atomic mass is 16.5. The molecule has 2 amide bonds. The van der Waals surface area contributed by atoms with Gasteiger partial charge in [0.15, 0.2) is 11.5 Å². The summed E-state index contributed by atoms with van der Waals surface area (Å²) in [6.07, 6.45) is 1.25. The molecule has 1 atom stereocenters. The summed E-state index contributed by atoms with van der Waals surface area (Å²) in [5, 5.41) is 2.89. The Kier molecular flexibility index (Phi) is 5.96. The average molecular weight is 368 g/mol. The molecule has 1 N–H and O–H groups in total. The van der Waals surface area contributed by atoms with Crippen LogP contribution in [0.5, 0.6) is 11.5 Å². The van der Waals surface area contributed by atoms with E-state index < -0.39 is 5.92 Å². The van der Waals surface area contributed by atoms with Crippen LogP contribution < -0.4 is 19.7 Å². The number of rotatable bonds is 7. The van der Waals surface area contributed by atoms with E-state index in [0.29, 0.717) is 36.7 Å². The molecule has 0 saturated carbocycles. The van der Waals surface area contributed by atoms with Gasteiger partial charge in [-0.05, 0) is 30.5 Å². The summed E-state index contributed by atoms with van der Waals surface area (Å²) in [5.74, 6) is 0.119. The van der Waals surface area contributed by atoms with Gasteiger partial charge in [0, 0.05) is 24.8 Å². The quantitative estimate of drug-likeness (QED) is 0.762. The van der Waals surface area contributed by atoms with E-state index in [2.05, 4.69) is 5.32 Å². The first kappa shape index (κ1) is 18.8. The van der Waals surface area contributed by atoms with Crippen LogP contribution in [0.4, 0.5) is 5.69 Å². The number of hydrogen-bond acceptors (Lipinski definition) is 4. The number of nitrogens with zero attached hydrogens (tertiary/aromatic N) is 1. The number of carbonyl (C=O) groups excluding carboxylic acids is 2. The summed E-state index contributed by atoms with van der Waals surface area (Å²) in [6.45, 7) is 1.02. The number of benzene rings is 2. The number of anilines is 1. The minimum atomic E-state index is -0.645. The molecule has 1 saturated heterocycles. The molecule has 0 aromatic heterocycles. The van der Waals surface area contributed by atoms with Gasteiger partial charge in [-0.2, -0.15) is 0 Å². The van der Waals surface area contributed by atoms with Crippen molar-refractivity contribution in [3.8, 4) is 11.5 Å². The zero-order valence-corrected chi connectivity index (χ0v) is 15.6. The molecular formula is C21H24N2O4. The second kappa shape index (κ2) is 8.58. The molecule has 1 aliphatic heterocycles. The van der Waals surface area contributed by atoms with Crippen LogP contribution in [0, 0.1) is 5.92 Å². The Labute approximate surface area is 159 Å². The van der Waals surface area contributed by atoms with Gasteiger partial charge in [-0.25, -0.2) is 0 Å². The van der Waals surface area contributed by atoms with Crippen molar-refractivity contribution in [2.24, 2.45) is 5.92 Å². The van der Waals surface area contributed by atoms with Crippen molar-refractivity contribution >= 4 is 17.5 Å². The number of amides is 2. The highest BCUT2D eigenvalue weighted by Gasteiger charge is 2.37. The normalized spacial score (nSPS) is 16.3. The number of hydrogen-bond donors (Lipinski definition) is 1. The maximum atomic E-state index is 12.7. The van der Waals surface area contributed by atoms with Crippen LogP contribution in [-0.2, 0) is 16.0 Å². The Bertz CT molecular complexity index is 807. The molecule has 2 aromatic rings. The van der Waals surface area contributed by atoms with Crippen LogP contribution in [0.3, 0.4) is 0 Å². The number of ether oxygens (including phenoxy) is 2. The minimum Gasteiger partial charge on any atom is -0.493 e. The third-order valence-corrected chi connectivity index (χ3v) is 4.76. The highest BCUT2D eigenvalue weighted by Crippen LogP contribution is 2.34. The summed E-state index contributed by atoms with van der Waals surface area (Å²) in [6, 6.07) is 15.3. The Morgan fingerprint density at radius 2 is 1.85 bits per heavy atom. The van der Waals surface area contributed by atoms with Crippen LogP contribution in [0.25, 0.3) is 0 Å².